The molecular formula is C16H25ClN4O2. The summed E-state index contributed by atoms with van der Waals surface area (Å²) in [5.74, 6) is 6.06. The molecule has 0 aromatic heterocycles. The molecule has 0 aromatic carbocycles. The second kappa shape index (κ2) is 7.05. The van der Waals surface area contributed by atoms with E-state index in [0.29, 0.717) is 18.7 Å². The quantitative estimate of drug-likeness (QED) is 0.383. The van der Waals surface area contributed by atoms with Crippen LogP contribution in [0.15, 0.2) is 22.6 Å². The molecule has 1 rings (SSSR count). The van der Waals surface area contributed by atoms with Crippen molar-refractivity contribution in [3.8, 4) is 11.8 Å². The van der Waals surface area contributed by atoms with Crippen LogP contribution in [0.5, 0.6) is 0 Å². The second-order valence-corrected chi connectivity index (χ2v) is 7.30. The van der Waals surface area contributed by atoms with E-state index in [2.05, 4.69) is 11.8 Å². The number of allylic oxidation sites excluding steroid dienone is 2. The molecule has 0 aliphatic carbocycles. The van der Waals surface area contributed by atoms with Gasteiger partial charge in [-0.25, -0.2) is 4.79 Å². The lowest BCUT2D eigenvalue weighted by molar-refractivity contribution is 0.0283. The molecule has 1 aliphatic rings. The van der Waals surface area contributed by atoms with E-state index in [9.17, 15) is 4.79 Å². The van der Waals surface area contributed by atoms with Gasteiger partial charge in [0.15, 0.2) is 0 Å². The summed E-state index contributed by atoms with van der Waals surface area (Å²) in [6.07, 6.45) is 1.81. The lowest BCUT2D eigenvalue weighted by atomic mass is 9.90. The molecule has 1 saturated heterocycles. The lowest BCUT2D eigenvalue weighted by Gasteiger charge is -2.25. The minimum atomic E-state index is -0.520. The Morgan fingerprint density at radius 2 is 1.96 bits per heavy atom. The maximum absolute atomic E-state index is 12.1. The van der Waals surface area contributed by atoms with Crippen molar-refractivity contribution in [1.29, 1.82) is 0 Å². The van der Waals surface area contributed by atoms with Crippen molar-refractivity contribution in [2.75, 3.05) is 13.1 Å². The summed E-state index contributed by atoms with van der Waals surface area (Å²) in [4.78, 5) is 13.8. The Labute approximate surface area is 142 Å². The number of amides is 1. The van der Waals surface area contributed by atoms with Gasteiger partial charge in [0.2, 0.25) is 0 Å². The molecule has 1 aliphatic heterocycles. The Bertz CT molecular complexity index is 587. The third-order valence-corrected chi connectivity index (χ3v) is 3.33. The zero-order chi connectivity index (χ0) is 17.8. The van der Waals surface area contributed by atoms with E-state index in [1.165, 1.54) is 6.08 Å². The molecule has 6 N–H and O–H groups in total. The third kappa shape index (κ3) is 6.33. The minimum Gasteiger partial charge on any atom is -0.444 e. The Balaban J connectivity index is 2.85. The van der Waals surface area contributed by atoms with Crippen LogP contribution in [0.2, 0.25) is 0 Å². The zero-order valence-corrected chi connectivity index (χ0v) is 14.8. The first-order valence-electron chi connectivity index (χ1n) is 7.31. The number of carbonyl (C=O) groups excluding carboxylic acids is 1. The fourth-order valence-electron chi connectivity index (χ4n) is 2.09. The SMILES string of the molecule is CC1(C#CC(/C=C(\N)Cl)=C(N)N)CCN(C(=O)OC(C)(C)C)C1. The zero-order valence-electron chi connectivity index (χ0n) is 14.1. The van der Waals surface area contributed by atoms with Gasteiger partial charge in [-0.05, 0) is 40.2 Å². The molecule has 0 spiro atoms. The number of rotatable bonds is 1. The molecule has 1 unspecified atom stereocenters. The van der Waals surface area contributed by atoms with Crippen molar-refractivity contribution in [1.82, 2.24) is 4.90 Å². The molecule has 23 heavy (non-hydrogen) atoms. The van der Waals surface area contributed by atoms with E-state index >= 15 is 0 Å². The molecule has 1 fully saturated rings. The predicted molar refractivity (Wildman–Crippen MR) is 91.8 cm³/mol. The van der Waals surface area contributed by atoms with Gasteiger partial charge in [-0.3, -0.25) is 0 Å². The van der Waals surface area contributed by atoms with Gasteiger partial charge in [-0.1, -0.05) is 23.4 Å². The number of nitrogens with two attached hydrogens (primary N) is 3. The van der Waals surface area contributed by atoms with E-state index in [-0.39, 0.29) is 22.5 Å². The monoisotopic (exact) mass is 340 g/mol. The number of carbonyl (C=O) groups is 1. The molecule has 6 nitrogen and oxygen atoms in total. The molecule has 7 heteroatoms. The maximum atomic E-state index is 12.1. The van der Waals surface area contributed by atoms with Crippen LogP contribution in [0, 0.1) is 17.3 Å². The number of hydrogen-bond acceptors (Lipinski definition) is 5. The first kappa shape index (κ1) is 19.0. The summed E-state index contributed by atoms with van der Waals surface area (Å²) in [6, 6.07) is 0. The summed E-state index contributed by atoms with van der Waals surface area (Å²) in [6.45, 7) is 8.55. The minimum absolute atomic E-state index is 0.0479. The number of nitrogens with zero attached hydrogens (tertiary/aromatic N) is 1. The second-order valence-electron chi connectivity index (χ2n) is 6.86. The van der Waals surface area contributed by atoms with Gasteiger partial charge in [0.1, 0.15) is 16.6 Å². The highest BCUT2D eigenvalue weighted by atomic mass is 35.5. The molecular weight excluding hydrogens is 316 g/mol. The highest BCUT2D eigenvalue weighted by Crippen LogP contribution is 2.30. The van der Waals surface area contributed by atoms with E-state index in [4.69, 9.17) is 33.5 Å². The van der Waals surface area contributed by atoms with Gasteiger partial charge in [0.05, 0.1) is 5.57 Å². The molecule has 1 amide bonds. The lowest BCUT2D eigenvalue weighted by Crippen LogP contribution is -2.36. The van der Waals surface area contributed by atoms with Crippen molar-refractivity contribution in [2.24, 2.45) is 22.6 Å². The predicted octanol–water partition coefficient (Wildman–Crippen LogP) is 1.80. The number of likely N-dealkylation sites (tertiary alicyclic amines) is 1. The molecule has 1 atom stereocenters. The van der Waals surface area contributed by atoms with Crippen molar-refractivity contribution < 1.29 is 9.53 Å². The van der Waals surface area contributed by atoms with Gasteiger partial charge >= 0.3 is 6.09 Å². The van der Waals surface area contributed by atoms with Crippen LogP contribution >= 0.6 is 11.6 Å². The summed E-state index contributed by atoms with van der Waals surface area (Å²) >= 11 is 5.63. The van der Waals surface area contributed by atoms with Crippen molar-refractivity contribution in [2.45, 2.75) is 39.7 Å². The molecule has 0 aromatic rings. The fourth-order valence-corrected chi connectivity index (χ4v) is 2.20. The van der Waals surface area contributed by atoms with E-state index in [0.717, 1.165) is 6.42 Å². The summed E-state index contributed by atoms with van der Waals surface area (Å²) in [5.41, 5.74) is 16.0. The number of halogens is 1. The van der Waals surface area contributed by atoms with E-state index in [1.807, 2.05) is 27.7 Å². The van der Waals surface area contributed by atoms with Gasteiger partial charge in [-0.15, -0.1) is 0 Å². The van der Waals surface area contributed by atoms with Crippen LogP contribution in [0.1, 0.15) is 34.1 Å². The van der Waals surface area contributed by atoms with Crippen LogP contribution < -0.4 is 17.2 Å². The third-order valence-electron chi connectivity index (χ3n) is 3.22. The molecule has 0 radical (unpaired) electrons. The summed E-state index contributed by atoms with van der Waals surface area (Å²) in [7, 11) is 0. The standard InChI is InChI=1S/C16H25ClN4O2/c1-15(2,3)23-14(22)21-8-7-16(4,10-21)6-5-11(13(19)20)9-12(17)18/h9H,7-8,10,18-20H2,1-4H3/b12-9-. The topological polar surface area (TPSA) is 108 Å². The highest BCUT2D eigenvalue weighted by Gasteiger charge is 2.36. The molecule has 0 bridgehead atoms. The first-order valence-corrected chi connectivity index (χ1v) is 7.69. The van der Waals surface area contributed by atoms with Crippen molar-refractivity contribution in [3.63, 3.8) is 0 Å². The van der Waals surface area contributed by atoms with E-state index in [1.54, 1.807) is 4.90 Å². The van der Waals surface area contributed by atoms with Crippen LogP contribution in [-0.2, 0) is 4.74 Å². The Morgan fingerprint density at radius 3 is 2.43 bits per heavy atom. The normalized spacial score (nSPS) is 21.4. The molecule has 0 saturated carbocycles. The Hall–Kier alpha value is -2.00. The smallest absolute Gasteiger partial charge is 0.410 e. The summed E-state index contributed by atoms with van der Waals surface area (Å²) in [5, 5.41) is 0.0506. The van der Waals surface area contributed by atoms with Gasteiger partial charge < -0.3 is 26.8 Å². The summed E-state index contributed by atoms with van der Waals surface area (Å²) < 4.78 is 5.38. The van der Waals surface area contributed by atoms with Gasteiger partial charge in [0.25, 0.3) is 0 Å². The van der Waals surface area contributed by atoms with Gasteiger partial charge in [-0.2, -0.15) is 0 Å². The van der Waals surface area contributed by atoms with Crippen LogP contribution in [0.4, 0.5) is 4.79 Å². The van der Waals surface area contributed by atoms with Crippen LogP contribution in [0.3, 0.4) is 0 Å². The first-order chi connectivity index (χ1) is 10.4. The highest BCUT2D eigenvalue weighted by molar-refractivity contribution is 6.29. The Kier molecular flexibility index (Phi) is 5.84. The molecule has 128 valence electrons. The molecule has 1 heterocycles. The maximum Gasteiger partial charge on any atom is 0.410 e. The van der Waals surface area contributed by atoms with Gasteiger partial charge in [0, 0.05) is 18.5 Å². The van der Waals surface area contributed by atoms with E-state index < -0.39 is 5.60 Å². The Morgan fingerprint density at radius 1 is 1.35 bits per heavy atom. The largest absolute Gasteiger partial charge is 0.444 e. The van der Waals surface area contributed by atoms with Crippen molar-refractivity contribution >= 4 is 17.7 Å². The van der Waals surface area contributed by atoms with Crippen molar-refractivity contribution in [3.05, 3.63) is 22.6 Å². The number of hydrogen-bond donors (Lipinski definition) is 3. The number of ether oxygens (including phenoxy) is 1. The van der Waals surface area contributed by atoms with Crippen LogP contribution in [0.25, 0.3) is 0 Å². The average molecular weight is 341 g/mol. The fraction of sp³-hybridized carbons (Fsp3) is 0.562. The van der Waals surface area contributed by atoms with Crippen LogP contribution in [-0.4, -0.2) is 29.7 Å². The average Bonchev–Trinajstić information content (AvgIpc) is 2.75.